The Labute approximate surface area is 123 Å². The zero-order valence-corrected chi connectivity index (χ0v) is 11.5. The first-order chi connectivity index (χ1) is 9.51. The molecule has 1 heterocycles. The minimum absolute atomic E-state index is 0.174. The highest BCUT2D eigenvalue weighted by Gasteiger charge is 2.11. The predicted molar refractivity (Wildman–Crippen MR) is 76.4 cm³/mol. The Bertz CT molecular complexity index is 643. The lowest BCUT2D eigenvalue weighted by atomic mass is 10.2. The molecular formula is C12H9Cl2FN4O. The van der Waals surface area contributed by atoms with Crippen LogP contribution in [-0.2, 0) is 0 Å². The number of hydrazine groups is 1. The number of aromatic nitrogens is 1. The number of hydrogen-bond donors (Lipinski definition) is 3. The normalized spacial score (nSPS) is 10.2. The number of anilines is 2. The predicted octanol–water partition coefficient (Wildman–Crippen LogP) is 3.07. The third-order valence-corrected chi connectivity index (χ3v) is 2.96. The van der Waals surface area contributed by atoms with Gasteiger partial charge in [-0.05, 0) is 24.3 Å². The van der Waals surface area contributed by atoms with E-state index < -0.39 is 11.7 Å². The molecule has 1 amide bonds. The topological polar surface area (TPSA) is 80.0 Å². The number of carbonyl (C=O) groups excluding carboxylic acids is 1. The largest absolute Gasteiger partial charge is 0.322 e. The molecule has 0 saturated carbocycles. The molecule has 0 fully saturated rings. The van der Waals surface area contributed by atoms with E-state index >= 15 is 0 Å². The van der Waals surface area contributed by atoms with Gasteiger partial charge in [0.1, 0.15) is 5.82 Å². The van der Waals surface area contributed by atoms with Gasteiger partial charge in [0.15, 0.2) is 5.82 Å². The Kier molecular flexibility index (Phi) is 4.39. The monoisotopic (exact) mass is 314 g/mol. The van der Waals surface area contributed by atoms with Crippen molar-refractivity contribution in [1.29, 1.82) is 0 Å². The van der Waals surface area contributed by atoms with Crippen molar-refractivity contribution < 1.29 is 9.18 Å². The molecule has 0 aliphatic rings. The number of rotatable bonds is 3. The summed E-state index contributed by atoms with van der Waals surface area (Å²) in [5.74, 6) is 4.39. The summed E-state index contributed by atoms with van der Waals surface area (Å²) in [7, 11) is 0. The minimum atomic E-state index is -0.732. The van der Waals surface area contributed by atoms with Crippen LogP contribution in [0.1, 0.15) is 10.4 Å². The van der Waals surface area contributed by atoms with Crippen molar-refractivity contribution in [3.8, 4) is 0 Å². The van der Waals surface area contributed by atoms with E-state index in [2.05, 4.69) is 15.7 Å². The van der Waals surface area contributed by atoms with Crippen molar-refractivity contribution in [1.82, 2.24) is 4.98 Å². The number of pyridine rings is 1. The summed E-state index contributed by atoms with van der Waals surface area (Å²) in [5.41, 5.74) is 2.94. The second kappa shape index (κ2) is 6.04. The molecular weight excluding hydrogens is 306 g/mol. The van der Waals surface area contributed by atoms with Crippen LogP contribution < -0.4 is 16.6 Å². The quantitative estimate of drug-likeness (QED) is 0.462. The van der Waals surface area contributed by atoms with Crippen LogP contribution in [0.25, 0.3) is 0 Å². The lowest BCUT2D eigenvalue weighted by Crippen LogP contribution is -2.14. The highest BCUT2D eigenvalue weighted by atomic mass is 35.5. The third-order valence-electron chi connectivity index (χ3n) is 2.41. The maximum atomic E-state index is 13.3. The van der Waals surface area contributed by atoms with Gasteiger partial charge in [0.25, 0.3) is 5.91 Å². The number of nitrogens with zero attached hydrogens (tertiary/aromatic N) is 1. The molecule has 0 aliphatic carbocycles. The molecule has 0 saturated heterocycles. The number of nitrogens with one attached hydrogen (secondary N) is 2. The van der Waals surface area contributed by atoms with Gasteiger partial charge in [-0.1, -0.05) is 23.2 Å². The standard InChI is InChI=1S/C12H9Cl2FN4O/c13-8-4-7(5-9(14)11(8)15)18-12(20)6-1-2-17-10(3-6)19-16/h1-5H,16H2,(H,17,19)(H,18,20). The van der Waals surface area contributed by atoms with Crippen molar-refractivity contribution in [2.24, 2.45) is 5.84 Å². The van der Waals surface area contributed by atoms with Gasteiger partial charge in [0.05, 0.1) is 10.0 Å². The third kappa shape index (κ3) is 3.16. The first-order valence-corrected chi connectivity index (χ1v) is 6.15. The van der Waals surface area contributed by atoms with Gasteiger partial charge in [0, 0.05) is 17.4 Å². The highest BCUT2D eigenvalue weighted by Crippen LogP contribution is 2.27. The lowest BCUT2D eigenvalue weighted by molar-refractivity contribution is 0.102. The summed E-state index contributed by atoms with van der Waals surface area (Å²) in [6.45, 7) is 0. The number of carbonyl (C=O) groups is 1. The smallest absolute Gasteiger partial charge is 0.255 e. The Morgan fingerprint density at radius 3 is 2.50 bits per heavy atom. The van der Waals surface area contributed by atoms with E-state index in [1.165, 1.54) is 30.5 Å². The Balaban J connectivity index is 2.23. The Hall–Kier alpha value is -1.89. The molecule has 8 heteroatoms. The van der Waals surface area contributed by atoms with E-state index in [1.54, 1.807) is 0 Å². The van der Waals surface area contributed by atoms with Crippen LogP contribution in [0, 0.1) is 5.82 Å². The fraction of sp³-hybridized carbons (Fsp3) is 0. The minimum Gasteiger partial charge on any atom is -0.322 e. The summed E-state index contributed by atoms with van der Waals surface area (Å²) in [5, 5.41) is 2.20. The maximum Gasteiger partial charge on any atom is 0.255 e. The molecule has 5 nitrogen and oxygen atoms in total. The van der Waals surface area contributed by atoms with E-state index in [0.717, 1.165) is 0 Å². The van der Waals surface area contributed by atoms with E-state index in [-0.39, 0.29) is 15.7 Å². The average Bonchev–Trinajstić information content (AvgIpc) is 2.44. The molecule has 0 spiro atoms. The highest BCUT2D eigenvalue weighted by molar-refractivity contribution is 6.35. The second-order valence-electron chi connectivity index (χ2n) is 3.78. The molecule has 0 unspecified atom stereocenters. The molecule has 1 aromatic heterocycles. The first-order valence-electron chi connectivity index (χ1n) is 5.40. The Morgan fingerprint density at radius 2 is 1.90 bits per heavy atom. The van der Waals surface area contributed by atoms with Crippen LogP contribution in [-0.4, -0.2) is 10.9 Å². The van der Waals surface area contributed by atoms with E-state index in [1.807, 2.05) is 0 Å². The SMILES string of the molecule is NNc1cc(C(=O)Nc2cc(Cl)c(F)c(Cl)c2)ccn1. The molecule has 104 valence electrons. The number of benzene rings is 1. The lowest BCUT2D eigenvalue weighted by Gasteiger charge is -2.08. The molecule has 2 aromatic rings. The zero-order valence-electron chi connectivity index (χ0n) is 9.95. The van der Waals surface area contributed by atoms with E-state index in [0.29, 0.717) is 11.4 Å². The van der Waals surface area contributed by atoms with Gasteiger partial charge in [0.2, 0.25) is 0 Å². The second-order valence-corrected chi connectivity index (χ2v) is 4.60. The van der Waals surface area contributed by atoms with Gasteiger partial charge < -0.3 is 10.7 Å². The van der Waals surface area contributed by atoms with Crippen LogP contribution in [0.15, 0.2) is 30.5 Å². The zero-order chi connectivity index (χ0) is 14.7. The van der Waals surface area contributed by atoms with Crippen molar-refractivity contribution in [2.75, 3.05) is 10.7 Å². The van der Waals surface area contributed by atoms with Crippen LogP contribution in [0.4, 0.5) is 15.9 Å². The number of nitrogen functional groups attached to an aromatic ring is 1. The summed E-state index contributed by atoms with van der Waals surface area (Å²) < 4.78 is 13.3. The summed E-state index contributed by atoms with van der Waals surface area (Å²) in [6.07, 6.45) is 1.43. The summed E-state index contributed by atoms with van der Waals surface area (Å²) in [4.78, 5) is 15.9. The molecule has 1 aromatic carbocycles. The molecule has 0 bridgehead atoms. The Morgan fingerprint density at radius 1 is 1.25 bits per heavy atom. The van der Waals surface area contributed by atoms with Crippen molar-refractivity contribution in [3.63, 3.8) is 0 Å². The summed E-state index contributed by atoms with van der Waals surface area (Å²) >= 11 is 11.3. The van der Waals surface area contributed by atoms with Crippen LogP contribution >= 0.6 is 23.2 Å². The number of halogens is 3. The van der Waals surface area contributed by atoms with E-state index in [4.69, 9.17) is 29.0 Å². The average molecular weight is 315 g/mol. The molecule has 0 atom stereocenters. The van der Waals surface area contributed by atoms with Crippen molar-refractivity contribution >= 4 is 40.6 Å². The summed E-state index contributed by atoms with van der Waals surface area (Å²) in [6, 6.07) is 5.50. The fourth-order valence-corrected chi connectivity index (χ4v) is 1.97. The van der Waals surface area contributed by atoms with Gasteiger partial charge in [-0.15, -0.1) is 0 Å². The number of hydrogen-bond acceptors (Lipinski definition) is 4. The molecule has 2 rings (SSSR count). The van der Waals surface area contributed by atoms with Gasteiger partial charge in [-0.25, -0.2) is 15.2 Å². The van der Waals surface area contributed by atoms with Gasteiger partial charge in [-0.3, -0.25) is 4.79 Å². The van der Waals surface area contributed by atoms with Crippen molar-refractivity contribution in [3.05, 3.63) is 51.9 Å². The van der Waals surface area contributed by atoms with Crippen LogP contribution in [0.3, 0.4) is 0 Å². The van der Waals surface area contributed by atoms with Gasteiger partial charge >= 0.3 is 0 Å². The molecule has 4 N–H and O–H groups in total. The van der Waals surface area contributed by atoms with Crippen LogP contribution in [0.5, 0.6) is 0 Å². The van der Waals surface area contributed by atoms with Crippen molar-refractivity contribution in [2.45, 2.75) is 0 Å². The maximum absolute atomic E-state index is 13.3. The van der Waals surface area contributed by atoms with Gasteiger partial charge in [-0.2, -0.15) is 0 Å². The number of nitrogens with two attached hydrogens (primary N) is 1. The first kappa shape index (κ1) is 14.5. The molecule has 20 heavy (non-hydrogen) atoms. The van der Waals surface area contributed by atoms with E-state index in [9.17, 15) is 9.18 Å². The fourth-order valence-electron chi connectivity index (χ4n) is 1.48. The number of amides is 1. The molecule has 0 aliphatic heterocycles. The van der Waals surface area contributed by atoms with Crippen LogP contribution in [0.2, 0.25) is 10.0 Å². The molecule has 0 radical (unpaired) electrons.